The fourth-order valence-corrected chi connectivity index (χ4v) is 6.40. The molecule has 2 aromatic carbocycles. The van der Waals surface area contributed by atoms with Crippen molar-refractivity contribution in [3.63, 3.8) is 0 Å². The average molecular weight is 422 g/mol. The fraction of sp³-hybridized carbons (Fsp3) is 0.476. The van der Waals surface area contributed by atoms with Crippen LogP contribution in [0.4, 0.5) is 0 Å². The van der Waals surface area contributed by atoms with Crippen LogP contribution in [0.1, 0.15) is 32.1 Å². The molecule has 1 saturated carbocycles. The number of nitrogens with zero attached hydrogens (tertiary/aromatic N) is 1. The van der Waals surface area contributed by atoms with Crippen molar-refractivity contribution >= 4 is 38.1 Å². The topological polar surface area (TPSA) is 63.7 Å². The Kier molecular flexibility index (Phi) is 5.52. The summed E-state index contributed by atoms with van der Waals surface area (Å²) < 4.78 is 29.8. The van der Waals surface area contributed by atoms with Gasteiger partial charge in [0.15, 0.2) is 16.4 Å². The summed E-state index contributed by atoms with van der Waals surface area (Å²) >= 11 is 6.25. The number of hydrogen-bond acceptors (Lipinski definition) is 4. The molecule has 0 unspecified atom stereocenters. The van der Waals surface area contributed by atoms with Crippen LogP contribution in [0.2, 0.25) is 5.02 Å². The SMILES string of the molecule is O=C(COc1ccc(Cl)c2ccccc12)N(C1CCCC1)[C@H]1CCS(=O)(=O)C1. The zero-order valence-corrected chi connectivity index (χ0v) is 17.2. The smallest absolute Gasteiger partial charge is 0.261 e. The standard InChI is InChI=1S/C21H24ClNO4S/c22-19-9-10-20(18-8-4-3-7-17(18)19)27-13-21(24)23(15-5-1-2-6-15)16-11-12-28(25,26)14-16/h3-4,7-10,15-16H,1-2,5-6,11-14H2/t16-/m0/s1. The molecule has 2 fully saturated rings. The van der Waals surface area contributed by atoms with Crippen LogP contribution in [0, 0.1) is 0 Å². The monoisotopic (exact) mass is 421 g/mol. The van der Waals surface area contributed by atoms with Crippen LogP contribution in [-0.2, 0) is 14.6 Å². The van der Waals surface area contributed by atoms with E-state index in [1.165, 1.54) is 0 Å². The number of fused-ring (bicyclic) bond motifs is 1. The minimum absolute atomic E-state index is 0.0686. The number of carbonyl (C=O) groups is 1. The molecule has 2 aromatic rings. The van der Waals surface area contributed by atoms with Gasteiger partial charge in [0.2, 0.25) is 0 Å². The first-order chi connectivity index (χ1) is 13.4. The number of amides is 1. The third-order valence-corrected chi connectivity index (χ3v) is 7.87. The Morgan fingerprint density at radius 3 is 2.43 bits per heavy atom. The molecule has 4 rings (SSSR count). The van der Waals surface area contributed by atoms with E-state index >= 15 is 0 Å². The average Bonchev–Trinajstić information content (AvgIpc) is 3.32. The van der Waals surface area contributed by atoms with Crippen molar-refractivity contribution < 1.29 is 17.9 Å². The van der Waals surface area contributed by atoms with Crippen molar-refractivity contribution in [3.8, 4) is 5.75 Å². The van der Waals surface area contributed by atoms with Crippen molar-refractivity contribution in [3.05, 3.63) is 41.4 Å². The first-order valence-corrected chi connectivity index (χ1v) is 12.0. The number of carbonyl (C=O) groups excluding carboxylic acids is 1. The highest BCUT2D eigenvalue weighted by Crippen LogP contribution is 2.32. The van der Waals surface area contributed by atoms with Crippen LogP contribution < -0.4 is 4.74 Å². The summed E-state index contributed by atoms with van der Waals surface area (Å²) in [6.07, 6.45) is 4.56. The molecule has 0 aromatic heterocycles. The number of ether oxygens (including phenoxy) is 1. The minimum atomic E-state index is -3.05. The Morgan fingerprint density at radius 2 is 1.75 bits per heavy atom. The fourth-order valence-electron chi connectivity index (χ4n) is 4.46. The molecule has 28 heavy (non-hydrogen) atoms. The van der Waals surface area contributed by atoms with Gasteiger partial charge in [-0.05, 0) is 31.4 Å². The van der Waals surface area contributed by atoms with Gasteiger partial charge in [0.25, 0.3) is 5.91 Å². The van der Waals surface area contributed by atoms with Gasteiger partial charge in [-0.2, -0.15) is 0 Å². The lowest BCUT2D eigenvalue weighted by atomic mass is 10.1. The molecule has 0 radical (unpaired) electrons. The van der Waals surface area contributed by atoms with Crippen LogP contribution in [0.3, 0.4) is 0 Å². The largest absolute Gasteiger partial charge is 0.483 e. The first-order valence-electron chi connectivity index (χ1n) is 9.76. The van der Waals surface area contributed by atoms with Crippen LogP contribution in [-0.4, -0.2) is 49.4 Å². The molecule has 1 amide bonds. The molecule has 5 nitrogen and oxygen atoms in total. The Bertz CT molecular complexity index is 985. The molecule has 1 saturated heterocycles. The quantitative estimate of drug-likeness (QED) is 0.736. The maximum absolute atomic E-state index is 13.1. The predicted molar refractivity (Wildman–Crippen MR) is 111 cm³/mol. The van der Waals surface area contributed by atoms with Crippen LogP contribution >= 0.6 is 11.6 Å². The van der Waals surface area contributed by atoms with E-state index in [1.54, 1.807) is 12.1 Å². The molecule has 7 heteroatoms. The second kappa shape index (κ2) is 7.91. The third kappa shape index (κ3) is 3.98. The summed E-state index contributed by atoms with van der Waals surface area (Å²) in [7, 11) is -3.05. The molecule has 1 aliphatic carbocycles. The molecule has 1 aliphatic heterocycles. The predicted octanol–water partition coefficient (Wildman–Crippen LogP) is 3.83. The van der Waals surface area contributed by atoms with E-state index in [-0.39, 0.29) is 36.1 Å². The first kappa shape index (κ1) is 19.5. The number of sulfone groups is 1. The summed E-state index contributed by atoms with van der Waals surface area (Å²) in [5.74, 6) is 0.711. The highest BCUT2D eigenvalue weighted by atomic mass is 35.5. The van der Waals surface area contributed by atoms with Crippen LogP contribution in [0.5, 0.6) is 5.75 Å². The minimum Gasteiger partial charge on any atom is -0.483 e. The zero-order valence-electron chi connectivity index (χ0n) is 15.6. The summed E-state index contributed by atoms with van der Waals surface area (Å²) in [4.78, 5) is 14.9. The van der Waals surface area contributed by atoms with Crippen molar-refractivity contribution in [1.29, 1.82) is 0 Å². The van der Waals surface area contributed by atoms with Gasteiger partial charge in [0.1, 0.15) is 5.75 Å². The molecule has 1 atom stereocenters. The van der Waals surface area contributed by atoms with Crippen LogP contribution in [0.15, 0.2) is 36.4 Å². The lowest BCUT2D eigenvalue weighted by molar-refractivity contribution is -0.137. The summed E-state index contributed by atoms with van der Waals surface area (Å²) in [5, 5.41) is 2.38. The number of rotatable bonds is 5. The van der Waals surface area contributed by atoms with Crippen molar-refractivity contribution in [2.75, 3.05) is 18.1 Å². The molecular weight excluding hydrogens is 398 g/mol. The molecule has 0 N–H and O–H groups in total. The van der Waals surface area contributed by atoms with E-state index in [0.29, 0.717) is 17.2 Å². The van der Waals surface area contributed by atoms with Gasteiger partial charge < -0.3 is 9.64 Å². The number of hydrogen-bond donors (Lipinski definition) is 0. The summed E-state index contributed by atoms with van der Waals surface area (Å²) in [6.45, 7) is -0.0985. The van der Waals surface area contributed by atoms with Gasteiger partial charge in [0, 0.05) is 27.9 Å². The molecule has 150 valence electrons. The third-order valence-electron chi connectivity index (χ3n) is 5.79. The number of benzene rings is 2. The maximum Gasteiger partial charge on any atom is 0.261 e. The summed E-state index contributed by atoms with van der Waals surface area (Å²) in [6, 6.07) is 11.1. The maximum atomic E-state index is 13.1. The summed E-state index contributed by atoms with van der Waals surface area (Å²) in [5.41, 5.74) is 0. The Labute approximate surface area is 170 Å². The molecule has 0 bridgehead atoms. The Morgan fingerprint density at radius 1 is 1.04 bits per heavy atom. The van der Waals surface area contributed by atoms with Crippen molar-refractivity contribution in [2.45, 2.75) is 44.2 Å². The van der Waals surface area contributed by atoms with Gasteiger partial charge in [-0.3, -0.25) is 4.79 Å². The van der Waals surface area contributed by atoms with Gasteiger partial charge in [-0.15, -0.1) is 0 Å². The second-order valence-corrected chi connectivity index (χ2v) is 10.3. The second-order valence-electron chi connectivity index (χ2n) is 7.68. The van der Waals surface area contributed by atoms with E-state index in [0.717, 1.165) is 36.5 Å². The molecule has 0 spiro atoms. The van der Waals surface area contributed by atoms with E-state index in [2.05, 4.69) is 0 Å². The van der Waals surface area contributed by atoms with E-state index in [1.807, 2.05) is 29.2 Å². The van der Waals surface area contributed by atoms with Crippen molar-refractivity contribution in [1.82, 2.24) is 4.90 Å². The Hall–Kier alpha value is -1.79. The van der Waals surface area contributed by atoms with Gasteiger partial charge >= 0.3 is 0 Å². The van der Waals surface area contributed by atoms with Crippen LogP contribution in [0.25, 0.3) is 10.8 Å². The normalized spacial score (nSPS) is 21.8. The lowest BCUT2D eigenvalue weighted by Crippen LogP contribution is -2.48. The number of halogens is 1. The highest BCUT2D eigenvalue weighted by Gasteiger charge is 2.39. The molecular formula is C21H24ClNO4S. The molecule has 1 heterocycles. The Balaban J connectivity index is 1.53. The van der Waals surface area contributed by atoms with Gasteiger partial charge in [-0.25, -0.2) is 8.42 Å². The van der Waals surface area contributed by atoms with Crippen molar-refractivity contribution in [2.24, 2.45) is 0 Å². The van der Waals surface area contributed by atoms with E-state index < -0.39 is 9.84 Å². The van der Waals surface area contributed by atoms with E-state index in [9.17, 15) is 13.2 Å². The van der Waals surface area contributed by atoms with Gasteiger partial charge in [-0.1, -0.05) is 48.7 Å². The lowest BCUT2D eigenvalue weighted by Gasteiger charge is -2.34. The van der Waals surface area contributed by atoms with E-state index in [4.69, 9.17) is 16.3 Å². The zero-order chi connectivity index (χ0) is 19.7. The van der Waals surface area contributed by atoms with Gasteiger partial charge in [0.05, 0.1) is 11.5 Å². The highest BCUT2D eigenvalue weighted by molar-refractivity contribution is 7.91. The molecule has 2 aliphatic rings.